The van der Waals surface area contributed by atoms with Crippen molar-refractivity contribution in [3.63, 3.8) is 0 Å². The van der Waals surface area contributed by atoms with Gasteiger partial charge in [0.15, 0.2) is 0 Å². The summed E-state index contributed by atoms with van der Waals surface area (Å²) in [5, 5.41) is 4.78. The molecule has 0 saturated heterocycles. The predicted octanol–water partition coefficient (Wildman–Crippen LogP) is 4.05. The number of alkyl halides is 6. The van der Waals surface area contributed by atoms with Crippen LogP contribution in [-0.4, -0.2) is 19.0 Å². The zero-order valence-corrected chi connectivity index (χ0v) is 12.2. The minimum atomic E-state index is -4.92. The van der Waals surface area contributed by atoms with E-state index >= 15 is 0 Å². The quantitative estimate of drug-likeness (QED) is 0.605. The van der Waals surface area contributed by atoms with Crippen LogP contribution in [0.15, 0.2) is 18.2 Å². The first-order valence-electron chi connectivity index (χ1n) is 6.84. The number of hydrogen-bond donors (Lipinski definition) is 2. The Hall–Kier alpha value is -1.93. The minimum Gasteiger partial charge on any atom is -0.376 e. The van der Waals surface area contributed by atoms with Gasteiger partial charge in [0.05, 0.1) is 17.7 Å². The molecule has 0 fully saturated rings. The number of halogens is 6. The van der Waals surface area contributed by atoms with Gasteiger partial charge in [-0.15, -0.1) is 0 Å². The summed E-state index contributed by atoms with van der Waals surface area (Å²) < 4.78 is 76.0. The van der Waals surface area contributed by atoms with Gasteiger partial charge in [0.25, 0.3) is 0 Å². The van der Waals surface area contributed by atoms with E-state index in [0.717, 1.165) is 12.8 Å². The van der Waals surface area contributed by atoms with E-state index in [4.69, 9.17) is 0 Å². The summed E-state index contributed by atoms with van der Waals surface area (Å²) in [5.74, 6) is -0.510. The fraction of sp³-hybridized carbons (Fsp3) is 0.500. The second-order valence-electron chi connectivity index (χ2n) is 4.85. The summed E-state index contributed by atoms with van der Waals surface area (Å²) in [7, 11) is 0. The molecule has 1 aromatic rings. The van der Waals surface area contributed by atoms with E-state index in [2.05, 4.69) is 10.6 Å². The van der Waals surface area contributed by atoms with Crippen LogP contribution in [0.5, 0.6) is 0 Å². The van der Waals surface area contributed by atoms with Gasteiger partial charge in [-0.25, -0.2) is 0 Å². The summed E-state index contributed by atoms with van der Waals surface area (Å²) in [6.07, 6.45) is -8.26. The third-order valence-corrected chi connectivity index (χ3v) is 2.89. The first-order valence-corrected chi connectivity index (χ1v) is 6.84. The Balaban J connectivity index is 2.87. The second-order valence-corrected chi connectivity index (χ2v) is 4.85. The smallest absolute Gasteiger partial charge is 0.376 e. The predicted molar refractivity (Wildman–Crippen MR) is 72.9 cm³/mol. The third kappa shape index (κ3) is 6.37. The van der Waals surface area contributed by atoms with Crippen molar-refractivity contribution in [3.05, 3.63) is 29.3 Å². The van der Waals surface area contributed by atoms with E-state index in [-0.39, 0.29) is 6.07 Å². The number of nitrogens with one attached hydrogen (secondary N) is 2. The van der Waals surface area contributed by atoms with Crippen molar-refractivity contribution in [3.8, 4) is 0 Å². The van der Waals surface area contributed by atoms with Gasteiger partial charge in [-0.3, -0.25) is 4.79 Å². The molecule has 0 aliphatic carbocycles. The summed E-state index contributed by atoms with van der Waals surface area (Å²) in [4.78, 5) is 11.4. The van der Waals surface area contributed by atoms with Gasteiger partial charge in [0.2, 0.25) is 5.91 Å². The van der Waals surface area contributed by atoms with Crippen LogP contribution < -0.4 is 10.6 Å². The van der Waals surface area contributed by atoms with Crippen molar-refractivity contribution in [1.29, 1.82) is 0 Å². The molecule has 23 heavy (non-hydrogen) atoms. The number of carbonyl (C=O) groups is 1. The average molecular weight is 342 g/mol. The molecule has 1 amide bonds. The van der Waals surface area contributed by atoms with E-state index in [1.54, 1.807) is 0 Å². The van der Waals surface area contributed by atoms with E-state index in [1.165, 1.54) is 0 Å². The monoisotopic (exact) mass is 342 g/mol. The average Bonchev–Trinajstić information content (AvgIpc) is 2.43. The van der Waals surface area contributed by atoms with Crippen molar-refractivity contribution in [2.24, 2.45) is 0 Å². The molecule has 9 heteroatoms. The highest BCUT2D eigenvalue weighted by Crippen LogP contribution is 2.37. The first-order chi connectivity index (χ1) is 10.5. The molecule has 1 rings (SSSR count). The minimum absolute atomic E-state index is 0.0342. The molecule has 0 aliphatic rings. The molecule has 130 valence electrons. The number of unbranched alkanes of at least 4 members (excludes halogenated alkanes) is 1. The van der Waals surface area contributed by atoms with Crippen molar-refractivity contribution in [1.82, 2.24) is 5.32 Å². The van der Waals surface area contributed by atoms with Crippen LogP contribution in [-0.2, 0) is 17.1 Å². The van der Waals surface area contributed by atoms with Crippen molar-refractivity contribution in [2.45, 2.75) is 32.1 Å². The summed E-state index contributed by atoms with van der Waals surface area (Å²) in [6, 6.07) is 1.11. The van der Waals surface area contributed by atoms with Crippen LogP contribution >= 0.6 is 0 Å². The molecule has 0 spiro atoms. The first kappa shape index (κ1) is 19.1. The molecule has 2 N–H and O–H groups in total. The lowest BCUT2D eigenvalue weighted by Gasteiger charge is -2.15. The molecule has 0 heterocycles. The molecular formula is C14H16F6N2O. The Morgan fingerprint density at radius 2 is 1.52 bits per heavy atom. The highest BCUT2D eigenvalue weighted by atomic mass is 19.4. The molecule has 0 saturated carbocycles. The topological polar surface area (TPSA) is 41.1 Å². The van der Waals surface area contributed by atoms with Crippen LogP contribution in [0.2, 0.25) is 0 Å². The standard InChI is InChI=1S/C14H16F6N2O/c1-2-3-4-21-12(23)8-22-11-6-9(13(15,16)17)5-10(7-11)14(18,19)20/h5-7,22H,2-4,8H2,1H3,(H,21,23). The molecule has 1 aromatic carbocycles. The normalized spacial score (nSPS) is 12.1. The molecule has 3 nitrogen and oxygen atoms in total. The largest absolute Gasteiger partial charge is 0.416 e. The number of rotatable bonds is 6. The van der Waals surface area contributed by atoms with E-state index < -0.39 is 41.6 Å². The van der Waals surface area contributed by atoms with Crippen molar-refractivity contribution in [2.75, 3.05) is 18.4 Å². The maximum Gasteiger partial charge on any atom is 0.416 e. The fourth-order valence-corrected chi connectivity index (χ4v) is 1.71. The molecular weight excluding hydrogens is 326 g/mol. The third-order valence-electron chi connectivity index (χ3n) is 2.89. The Morgan fingerprint density at radius 3 is 1.96 bits per heavy atom. The molecule has 0 radical (unpaired) electrons. The van der Waals surface area contributed by atoms with E-state index in [9.17, 15) is 31.1 Å². The lowest BCUT2D eigenvalue weighted by Crippen LogP contribution is -2.30. The van der Waals surface area contributed by atoms with Crippen LogP contribution in [0.1, 0.15) is 30.9 Å². The lowest BCUT2D eigenvalue weighted by molar-refractivity contribution is -0.143. The highest BCUT2D eigenvalue weighted by Gasteiger charge is 2.36. The zero-order chi connectivity index (χ0) is 17.7. The summed E-state index contributed by atoms with van der Waals surface area (Å²) in [5.41, 5.74) is -3.28. The van der Waals surface area contributed by atoms with Gasteiger partial charge in [-0.1, -0.05) is 13.3 Å². The van der Waals surface area contributed by atoms with Crippen LogP contribution in [0, 0.1) is 0 Å². The maximum atomic E-state index is 12.7. The SMILES string of the molecule is CCCCNC(=O)CNc1cc(C(F)(F)F)cc(C(F)(F)F)c1. The molecule has 0 unspecified atom stereocenters. The zero-order valence-electron chi connectivity index (χ0n) is 12.2. The number of benzene rings is 1. The Kier molecular flexibility index (Phi) is 6.28. The molecule has 0 aliphatic heterocycles. The van der Waals surface area contributed by atoms with Crippen LogP contribution in [0.25, 0.3) is 0 Å². The Labute approximate surface area is 129 Å². The van der Waals surface area contributed by atoms with Crippen molar-refractivity contribution >= 4 is 11.6 Å². The van der Waals surface area contributed by atoms with Gasteiger partial charge < -0.3 is 10.6 Å². The second kappa shape index (κ2) is 7.56. The van der Waals surface area contributed by atoms with E-state index in [1.807, 2.05) is 6.92 Å². The maximum absolute atomic E-state index is 12.7. The Bertz CT molecular complexity index is 507. The number of hydrogen-bond acceptors (Lipinski definition) is 2. The van der Waals surface area contributed by atoms with Crippen LogP contribution in [0.3, 0.4) is 0 Å². The Morgan fingerprint density at radius 1 is 1.00 bits per heavy atom. The highest BCUT2D eigenvalue weighted by molar-refractivity contribution is 5.80. The van der Waals surface area contributed by atoms with Gasteiger partial charge in [-0.2, -0.15) is 26.3 Å². The van der Waals surface area contributed by atoms with E-state index in [0.29, 0.717) is 18.7 Å². The van der Waals surface area contributed by atoms with Crippen LogP contribution in [0.4, 0.5) is 32.0 Å². The summed E-state index contributed by atoms with van der Waals surface area (Å²) >= 11 is 0. The number of anilines is 1. The number of carbonyl (C=O) groups excluding carboxylic acids is 1. The fourth-order valence-electron chi connectivity index (χ4n) is 1.71. The van der Waals surface area contributed by atoms with Gasteiger partial charge in [-0.05, 0) is 24.6 Å². The molecule has 0 bridgehead atoms. The number of amides is 1. The van der Waals surface area contributed by atoms with Crippen molar-refractivity contribution < 1.29 is 31.1 Å². The van der Waals surface area contributed by atoms with Gasteiger partial charge >= 0.3 is 12.4 Å². The summed E-state index contributed by atoms with van der Waals surface area (Å²) in [6.45, 7) is 1.89. The van der Waals surface area contributed by atoms with Gasteiger partial charge in [0.1, 0.15) is 0 Å². The van der Waals surface area contributed by atoms with Gasteiger partial charge in [0, 0.05) is 12.2 Å². The lowest BCUT2D eigenvalue weighted by atomic mass is 10.1. The molecule has 0 atom stereocenters. The molecule has 0 aromatic heterocycles.